The number of aromatic nitrogens is 3. The van der Waals surface area contributed by atoms with Gasteiger partial charge >= 0.3 is 5.69 Å². The van der Waals surface area contributed by atoms with Gasteiger partial charge in [-0.25, -0.2) is 14.3 Å². The second kappa shape index (κ2) is 5.31. The Bertz CT molecular complexity index is 733. The molecule has 112 valence electrons. The maximum absolute atomic E-state index is 13.7. The zero-order valence-electron chi connectivity index (χ0n) is 11.9. The number of aryl methyl sites for hydroxylation is 1. The fourth-order valence-corrected chi connectivity index (χ4v) is 3.45. The van der Waals surface area contributed by atoms with Crippen molar-refractivity contribution in [3.8, 4) is 0 Å². The summed E-state index contributed by atoms with van der Waals surface area (Å²) in [5.41, 5.74) is 7.01. The Morgan fingerprint density at radius 3 is 2.86 bits per heavy atom. The second-order valence-corrected chi connectivity index (χ2v) is 6.45. The second-order valence-electron chi connectivity index (χ2n) is 5.44. The number of nitrogens with zero attached hydrogens (tertiary/aromatic N) is 2. The van der Waals surface area contributed by atoms with E-state index in [0.29, 0.717) is 10.7 Å². The molecule has 7 heteroatoms. The van der Waals surface area contributed by atoms with Crippen LogP contribution in [-0.4, -0.2) is 14.8 Å². The molecule has 0 amide bonds. The fraction of sp³-hybridized carbons (Fsp3) is 0.429. The first kappa shape index (κ1) is 14.3. The number of aromatic amines is 1. The molecule has 1 aliphatic rings. The Hall–Kier alpha value is -1.60. The molecule has 21 heavy (non-hydrogen) atoms. The van der Waals surface area contributed by atoms with E-state index in [4.69, 9.17) is 5.73 Å². The van der Waals surface area contributed by atoms with Crippen LogP contribution >= 0.6 is 11.8 Å². The summed E-state index contributed by atoms with van der Waals surface area (Å²) in [5, 5.41) is 7.17. The lowest BCUT2D eigenvalue weighted by Crippen LogP contribution is -2.16. The van der Waals surface area contributed by atoms with Crippen LogP contribution < -0.4 is 11.4 Å². The first-order valence-electron chi connectivity index (χ1n) is 6.87. The van der Waals surface area contributed by atoms with Crippen LogP contribution in [0.3, 0.4) is 0 Å². The average Bonchev–Trinajstić information content (AvgIpc) is 3.18. The molecule has 5 nitrogen and oxygen atoms in total. The molecule has 0 unspecified atom stereocenters. The topological polar surface area (TPSA) is 76.7 Å². The molecule has 1 aromatic carbocycles. The minimum absolute atomic E-state index is 0.193. The normalized spacial score (nSPS) is 16.2. The predicted octanol–water partition coefficient (Wildman–Crippen LogP) is 2.52. The van der Waals surface area contributed by atoms with Crippen molar-refractivity contribution in [3.63, 3.8) is 0 Å². The molecule has 3 N–H and O–H groups in total. The summed E-state index contributed by atoms with van der Waals surface area (Å²) in [7, 11) is 0. The third kappa shape index (κ3) is 2.75. The molecule has 0 radical (unpaired) electrons. The minimum Gasteiger partial charge on any atom is -0.324 e. The third-order valence-electron chi connectivity index (χ3n) is 3.57. The molecule has 1 saturated carbocycles. The lowest BCUT2D eigenvalue weighted by atomic mass is 10.1. The summed E-state index contributed by atoms with van der Waals surface area (Å²) in [6.45, 7) is 3.52. The van der Waals surface area contributed by atoms with Crippen molar-refractivity contribution in [1.82, 2.24) is 14.8 Å². The Morgan fingerprint density at radius 2 is 2.24 bits per heavy atom. The monoisotopic (exact) mass is 308 g/mol. The molecule has 1 atom stereocenters. The van der Waals surface area contributed by atoms with Gasteiger partial charge in [0.05, 0.1) is 0 Å². The summed E-state index contributed by atoms with van der Waals surface area (Å²) in [5.74, 6) is -0.270. The van der Waals surface area contributed by atoms with E-state index >= 15 is 0 Å². The highest BCUT2D eigenvalue weighted by Crippen LogP contribution is 2.39. The van der Waals surface area contributed by atoms with E-state index in [0.717, 1.165) is 23.3 Å². The zero-order chi connectivity index (χ0) is 15.1. The lowest BCUT2D eigenvalue weighted by Gasteiger charge is -2.14. The van der Waals surface area contributed by atoms with Crippen LogP contribution in [0.4, 0.5) is 4.39 Å². The van der Waals surface area contributed by atoms with Crippen LogP contribution in [-0.2, 0) is 0 Å². The van der Waals surface area contributed by atoms with Gasteiger partial charge in [-0.3, -0.25) is 4.57 Å². The maximum Gasteiger partial charge on any atom is 0.344 e. The maximum atomic E-state index is 13.7. The van der Waals surface area contributed by atoms with Crippen LogP contribution in [0.25, 0.3) is 0 Å². The Balaban J connectivity index is 2.02. The smallest absolute Gasteiger partial charge is 0.324 e. The molecular weight excluding hydrogens is 291 g/mol. The molecule has 1 heterocycles. The predicted molar refractivity (Wildman–Crippen MR) is 79.0 cm³/mol. The van der Waals surface area contributed by atoms with Crippen molar-refractivity contribution in [1.29, 1.82) is 0 Å². The van der Waals surface area contributed by atoms with E-state index in [1.54, 1.807) is 17.6 Å². The number of nitrogens with one attached hydrogen (secondary N) is 1. The van der Waals surface area contributed by atoms with E-state index in [1.807, 2.05) is 6.92 Å². The highest BCUT2D eigenvalue weighted by Gasteiger charge is 2.29. The van der Waals surface area contributed by atoms with Crippen LogP contribution in [0.15, 0.2) is 27.0 Å². The largest absolute Gasteiger partial charge is 0.344 e. The number of rotatable bonds is 4. The van der Waals surface area contributed by atoms with Crippen LogP contribution in [0.2, 0.25) is 0 Å². The van der Waals surface area contributed by atoms with Gasteiger partial charge in [0.15, 0.2) is 5.16 Å². The number of hydrogen-bond acceptors (Lipinski definition) is 4. The summed E-state index contributed by atoms with van der Waals surface area (Å²) in [4.78, 5) is 12.6. The summed E-state index contributed by atoms with van der Waals surface area (Å²) in [6, 6.07) is 3.17. The van der Waals surface area contributed by atoms with Gasteiger partial charge in [0.25, 0.3) is 0 Å². The van der Waals surface area contributed by atoms with Gasteiger partial charge in [0.1, 0.15) is 5.82 Å². The lowest BCUT2D eigenvalue weighted by molar-refractivity contribution is 0.609. The van der Waals surface area contributed by atoms with Crippen molar-refractivity contribution < 1.29 is 4.39 Å². The fourth-order valence-electron chi connectivity index (χ4n) is 2.23. The molecule has 1 aliphatic carbocycles. The van der Waals surface area contributed by atoms with Gasteiger partial charge in [0.2, 0.25) is 0 Å². The molecule has 0 saturated heterocycles. The van der Waals surface area contributed by atoms with Gasteiger partial charge in [-0.1, -0.05) is 0 Å². The third-order valence-corrected chi connectivity index (χ3v) is 4.61. The van der Waals surface area contributed by atoms with Crippen LogP contribution in [0.5, 0.6) is 0 Å². The van der Waals surface area contributed by atoms with E-state index < -0.39 is 0 Å². The summed E-state index contributed by atoms with van der Waals surface area (Å²) < 4.78 is 15.4. The average molecular weight is 308 g/mol. The number of nitrogens with two attached hydrogens (primary N) is 1. The quantitative estimate of drug-likeness (QED) is 0.910. The molecule has 1 fully saturated rings. The summed E-state index contributed by atoms with van der Waals surface area (Å²) in [6.07, 6.45) is 1.99. The Labute approximate surface area is 125 Å². The van der Waals surface area contributed by atoms with Gasteiger partial charge in [-0.2, -0.15) is 0 Å². The Kier molecular flexibility index (Phi) is 3.62. The van der Waals surface area contributed by atoms with Gasteiger partial charge < -0.3 is 5.73 Å². The van der Waals surface area contributed by atoms with Gasteiger partial charge in [-0.05, 0) is 61.7 Å². The molecule has 0 aliphatic heterocycles. The molecule has 1 aromatic heterocycles. The zero-order valence-corrected chi connectivity index (χ0v) is 12.7. The van der Waals surface area contributed by atoms with Crippen molar-refractivity contribution in [2.75, 3.05) is 0 Å². The number of benzene rings is 1. The molecule has 0 bridgehead atoms. The van der Waals surface area contributed by atoms with Crippen LogP contribution in [0.1, 0.15) is 43.0 Å². The minimum atomic E-state index is -0.289. The van der Waals surface area contributed by atoms with Gasteiger partial charge in [0, 0.05) is 17.0 Å². The van der Waals surface area contributed by atoms with Crippen LogP contribution in [0, 0.1) is 12.7 Å². The first-order chi connectivity index (χ1) is 9.97. The highest BCUT2D eigenvalue weighted by atomic mass is 32.2. The number of hydrogen-bond donors (Lipinski definition) is 2. The van der Waals surface area contributed by atoms with Gasteiger partial charge in [-0.15, -0.1) is 5.10 Å². The van der Waals surface area contributed by atoms with E-state index in [2.05, 4.69) is 10.2 Å². The first-order valence-corrected chi connectivity index (χ1v) is 7.69. The Morgan fingerprint density at radius 1 is 1.52 bits per heavy atom. The van der Waals surface area contributed by atoms with Crippen molar-refractivity contribution in [2.24, 2.45) is 5.73 Å². The number of H-pyrrole nitrogens is 1. The van der Waals surface area contributed by atoms with Crippen molar-refractivity contribution >= 4 is 11.8 Å². The summed E-state index contributed by atoms with van der Waals surface area (Å²) >= 11 is 1.36. The van der Waals surface area contributed by atoms with Crippen molar-refractivity contribution in [3.05, 3.63) is 39.6 Å². The molecular formula is C14H17FN4OS. The van der Waals surface area contributed by atoms with Crippen molar-refractivity contribution in [2.45, 2.75) is 48.8 Å². The SMILES string of the molecule is Cc1cc(Sc2n[nH]c(=O)n2C2CC2)c([C@H](C)N)cc1F. The standard InChI is InChI=1S/C14H17FN4OS/c1-7-5-12(10(8(2)16)6-11(7)15)21-14-18-17-13(20)19(14)9-3-4-9/h5-6,8-9H,3-4,16H2,1-2H3,(H,17,20)/t8-/m0/s1. The van der Waals surface area contributed by atoms with E-state index in [1.165, 1.54) is 17.8 Å². The molecule has 3 rings (SSSR count). The van der Waals surface area contributed by atoms with E-state index in [-0.39, 0.29) is 23.6 Å². The highest BCUT2D eigenvalue weighted by molar-refractivity contribution is 7.99. The number of halogens is 1. The van der Waals surface area contributed by atoms with E-state index in [9.17, 15) is 9.18 Å². The molecule has 0 spiro atoms. The molecule has 2 aromatic rings.